The maximum Gasteiger partial charge on any atom is 0.150 e. The molecule has 1 fully saturated rings. The second kappa shape index (κ2) is 6.66. The number of aryl methyl sites for hydroxylation is 3. The summed E-state index contributed by atoms with van der Waals surface area (Å²) in [6, 6.07) is 0.449. The van der Waals surface area contributed by atoms with Gasteiger partial charge >= 0.3 is 0 Å². The van der Waals surface area contributed by atoms with Crippen LogP contribution in [-0.2, 0) is 0 Å². The fraction of sp³-hybridized carbons (Fsp3) is 0.588. The first-order valence-corrected chi connectivity index (χ1v) is 8.31. The van der Waals surface area contributed by atoms with Gasteiger partial charge in [-0.15, -0.1) is 0 Å². The minimum atomic E-state index is 0.449. The average molecular weight is 314 g/mol. The maximum atomic E-state index is 4.67. The fourth-order valence-corrected chi connectivity index (χ4v) is 3.28. The van der Waals surface area contributed by atoms with Crippen LogP contribution in [-0.4, -0.2) is 57.1 Å². The van der Waals surface area contributed by atoms with E-state index in [1.54, 1.807) is 0 Å². The van der Waals surface area contributed by atoms with E-state index in [4.69, 9.17) is 0 Å². The van der Waals surface area contributed by atoms with Crippen molar-refractivity contribution in [3.63, 3.8) is 0 Å². The molecule has 6 heteroatoms. The van der Waals surface area contributed by atoms with Crippen LogP contribution in [0.25, 0.3) is 0 Å². The lowest BCUT2D eigenvalue weighted by molar-refractivity contribution is 0.224. The van der Waals surface area contributed by atoms with Gasteiger partial charge in [0, 0.05) is 57.4 Å². The number of aromatic nitrogens is 4. The molecule has 124 valence electrons. The lowest BCUT2D eigenvalue weighted by atomic mass is 10.2. The zero-order valence-corrected chi connectivity index (χ0v) is 14.5. The first kappa shape index (κ1) is 15.9. The highest BCUT2D eigenvalue weighted by atomic mass is 15.3. The molecule has 0 radical (unpaired) electrons. The molecule has 1 saturated heterocycles. The Kier molecular flexibility index (Phi) is 4.61. The number of imidazole rings is 1. The van der Waals surface area contributed by atoms with Gasteiger partial charge in [-0.1, -0.05) is 0 Å². The summed E-state index contributed by atoms with van der Waals surface area (Å²) in [6.07, 6.45) is 5.79. The molecule has 0 bridgehead atoms. The first-order chi connectivity index (χ1) is 11.0. The van der Waals surface area contributed by atoms with Gasteiger partial charge in [0.1, 0.15) is 11.6 Å². The van der Waals surface area contributed by atoms with Crippen LogP contribution >= 0.6 is 0 Å². The van der Waals surface area contributed by atoms with E-state index in [0.717, 1.165) is 55.8 Å². The lowest BCUT2D eigenvalue weighted by Crippen LogP contribution is -2.48. The number of rotatable bonds is 4. The predicted molar refractivity (Wildman–Crippen MR) is 91.8 cm³/mol. The van der Waals surface area contributed by atoms with E-state index in [1.165, 1.54) is 0 Å². The quantitative estimate of drug-likeness (QED) is 0.864. The number of hydrogen-bond donors (Lipinski definition) is 0. The van der Waals surface area contributed by atoms with Crippen LogP contribution in [0.4, 0.5) is 5.82 Å². The molecule has 6 nitrogen and oxygen atoms in total. The van der Waals surface area contributed by atoms with Crippen LogP contribution in [0.2, 0.25) is 0 Å². The molecular weight excluding hydrogens is 288 g/mol. The lowest BCUT2D eigenvalue weighted by Gasteiger charge is -2.37. The van der Waals surface area contributed by atoms with E-state index in [2.05, 4.69) is 49.4 Å². The monoisotopic (exact) mass is 314 g/mol. The Bertz CT molecular complexity index is 657. The Hall–Kier alpha value is -1.95. The molecule has 3 heterocycles. The van der Waals surface area contributed by atoms with Gasteiger partial charge in [-0.2, -0.15) is 0 Å². The van der Waals surface area contributed by atoms with Crippen LogP contribution in [0.1, 0.15) is 30.2 Å². The Morgan fingerprint density at radius 1 is 1.09 bits per heavy atom. The molecule has 1 aliphatic heterocycles. The van der Waals surface area contributed by atoms with Crippen molar-refractivity contribution in [1.29, 1.82) is 0 Å². The molecule has 0 N–H and O–H groups in total. The zero-order valence-electron chi connectivity index (χ0n) is 14.5. The summed E-state index contributed by atoms with van der Waals surface area (Å²) in [7, 11) is 0. The summed E-state index contributed by atoms with van der Waals surface area (Å²) in [5, 5.41) is 0. The van der Waals surface area contributed by atoms with Gasteiger partial charge in [-0.3, -0.25) is 9.88 Å². The van der Waals surface area contributed by atoms with Crippen molar-refractivity contribution in [2.75, 3.05) is 37.6 Å². The van der Waals surface area contributed by atoms with Crippen LogP contribution in [0.5, 0.6) is 0 Å². The van der Waals surface area contributed by atoms with Crippen molar-refractivity contribution in [1.82, 2.24) is 24.4 Å². The number of piperazine rings is 1. The minimum Gasteiger partial charge on any atom is -0.353 e. The molecule has 0 aromatic carbocycles. The standard InChI is InChI=1S/C17H26N6/c1-13-11-19-15(3)17(20-13)22-9-7-21(8-10-22)12-14(2)23-6-5-18-16(23)4/h5-6,11,14H,7-10,12H2,1-4H3. The second-order valence-corrected chi connectivity index (χ2v) is 6.44. The van der Waals surface area contributed by atoms with Gasteiger partial charge in [0.05, 0.1) is 11.4 Å². The summed E-state index contributed by atoms with van der Waals surface area (Å²) in [5.74, 6) is 2.13. The van der Waals surface area contributed by atoms with Crippen molar-refractivity contribution in [3.05, 3.63) is 35.8 Å². The third-order valence-corrected chi connectivity index (χ3v) is 4.58. The highest BCUT2D eigenvalue weighted by Crippen LogP contribution is 2.18. The first-order valence-electron chi connectivity index (χ1n) is 8.31. The van der Waals surface area contributed by atoms with Crippen molar-refractivity contribution in [3.8, 4) is 0 Å². The molecule has 0 amide bonds. The van der Waals surface area contributed by atoms with Crippen LogP contribution in [0.15, 0.2) is 18.6 Å². The smallest absolute Gasteiger partial charge is 0.150 e. The number of nitrogens with zero attached hydrogens (tertiary/aromatic N) is 6. The molecule has 3 rings (SSSR count). The molecule has 1 unspecified atom stereocenters. The third kappa shape index (κ3) is 3.52. The van der Waals surface area contributed by atoms with E-state index < -0.39 is 0 Å². The normalized spacial score (nSPS) is 17.5. The van der Waals surface area contributed by atoms with Gasteiger partial charge in [-0.25, -0.2) is 9.97 Å². The van der Waals surface area contributed by atoms with E-state index in [0.29, 0.717) is 6.04 Å². The summed E-state index contributed by atoms with van der Waals surface area (Å²) in [6.45, 7) is 13.6. The summed E-state index contributed by atoms with van der Waals surface area (Å²) in [4.78, 5) is 18.3. The van der Waals surface area contributed by atoms with E-state index in [9.17, 15) is 0 Å². The third-order valence-electron chi connectivity index (χ3n) is 4.58. The van der Waals surface area contributed by atoms with Gasteiger partial charge < -0.3 is 9.47 Å². The summed E-state index contributed by atoms with van der Waals surface area (Å²) >= 11 is 0. The molecular formula is C17H26N6. The van der Waals surface area contributed by atoms with Crippen molar-refractivity contribution < 1.29 is 0 Å². The topological polar surface area (TPSA) is 50.1 Å². The fourth-order valence-electron chi connectivity index (χ4n) is 3.28. The molecule has 23 heavy (non-hydrogen) atoms. The Morgan fingerprint density at radius 2 is 1.83 bits per heavy atom. The Balaban J connectivity index is 1.58. The van der Waals surface area contributed by atoms with Crippen molar-refractivity contribution in [2.24, 2.45) is 0 Å². The predicted octanol–water partition coefficient (Wildman–Crippen LogP) is 1.98. The molecule has 2 aromatic heterocycles. The number of anilines is 1. The highest BCUT2D eigenvalue weighted by Gasteiger charge is 2.21. The van der Waals surface area contributed by atoms with Gasteiger partial charge in [0.2, 0.25) is 0 Å². The van der Waals surface area contributed by atoms with Crippen molar-refractivity contribution >= 4 is 5.82 Å². The highest BCUT2D eigenvalue weighted by molar-refractivity contribution is 5.43. The Labute approximate surface area is 138 Å². The van der Waals surface area contributed by atoms with Crippen LogP contribution in [0, 0.1) is 20.8 Å². The van der Waals surface area contributed by atoms with Gasteiger partial charge in [0.15, 0.2) is 0 Å². The molecule has 1 aliphatic rings. The molecule has 0 spiro atoms. The van der Waals surface area contributed by atoms with Gasteiger partial charge in [-0.05, 0) is 27.7 Å². The summed E-state index contributed by atoms with van der Waals surface area (Å²) in [5.41, 5.74) is 2.00. The summed E-state index contributed by atoms with van der Waals surface area (Å²) < 4.78 is 2.25. The maximum absolute atomic E-state index is 4.67. The van der Waals surface area contributed by atoms with Gasteiger partial charge in [0.25, 0.3) is 0 Å². The zero-order chi connectivity index (χ0) is 16.4. The second-order valence-electron chi connectivity index (χ2n) is 6.44. The minimum absolute atomic E-state index is 0.449. The SMILES string of the molecule is Cc1cnc(C)c(N2CCN(CC(C)n3ccnc3C)CC2)n1. The van der Waals surface area contributed by atoms with Crippen LogP contribution < -0.4 is 4.90 Å². The van der Waals surface area contributed by atoms with Crippen molar-refractivity contribution in [2.45, 2.75) is 33.7 Å². The van der Waals surface area contributed by atoms with E-state index in [1.807, 2.05) is 26.2 Å². The largest absolute Gasteiger partial charge is 0.353 e. The van der Waals surface area contributed by atoms with Crippen LogP contribution in [0.3, 0.4) is 0 Å². The molecule has 0 saturated carbocycles. The van der Waals surface area contributed by atoms with E-state index in [-0.39, 0.29) is 0 Å². The molecule has 2 aromatic rings. The number of hydrogen-bond acceptors (Lipinski definition) is 5. The van der Waals surface area contributed by atoms with E-state index >= 15 is 0 Å². The molecule has 1 atom stereocenters. The molecule has 0 aliphatic carbocycles. The average Bonchev–Trinajstić information content (AvgIpc) is 2.97. The Morgan fingerprint density at radius 3 is 2.48 bits per heavy atom.